The lowest BCUT2D eigenvalue weighted by Gasteiger charge is -2.18. The molecule has 1 aromatic carbocycles. The molecule has 0 fully saturated rings. The molecule has 0 radical (unpaired) electrons. The Morgan fingerprint density at radius 3 is 2.29 bits per heavy atom. The van der Waals surface area contributed by atoms with E-state index in [-0.39, 0.29) is 5.56 Å². The first-order valence-corrected chi connectivity index (χ1v) is 5.89. The van der Waals surface area contributed by atoms with Crippen LogP contribution in [0.4, 0.5) is 8.78 Å². The lowest BCUT2D eigenvalue weighted by atomic mass is 10.1. The molecule has 0 aliphatic carbocycles. The molecule has 1 unspecified atom stereocenters. The summed E-state index contributed by atoms with van der Waals surface area (Å²) in [5, 5.41) is 9.45. The van der Waals surface area contributed by atoms with Crippen molar-refractivity contribution in [3.05, 3.63) is 34.1 Å². The molecule has 0 aliphatic heterocycles. The molecule has 14 heavy (non-hydrogen) atoms. The second kappa shape index (κ2) is 4.55. The van der Waals surface area contributed by atoms with Crippen LogP contribution in [0.15, 0.2) is 22.7 Å². The fraction of sp³-hybridized carbons (Fsp3) is 0.250. The van der Waals surface area contributed by atoms with Crippen LogP contribution in [-0.2, 0) is 0 Å². The molecular weight excluding hydrogens is 390 g/mol. The van der Waals surface area contributed by atoms with Crippen molar-refractivity contribution >= 4 is 47.8 Å². The number of hydrogen-bond acceptors (Lipinski definition) is 1. The summed E-state index contributed by atoms with van der Waals surface area (Å²) in [4.78, 5) is 0. The fourth-order valence-corrected chi connectivity index (χ4v) is 1.93. The molecule has 0 saturated heterocycles. The third-order valence-corrected chi connectivity index (χ3v) is 2.84. The van der Waals surface area contributed by atoms with E-state index in [2.05, 4.69) is 47.8 Å². The molecule has 1 nitrogen and oxygen atoms in total. The predicted octanol–water partition coefficient (Wildman–Crippen LogP) is 4.03. The molecule has 0 saturated carbocycles. The molecule has 0 aromatic heterocycles. The highest BCUT2D eigenvalue weighted by molar-refractivity contribution is 9.25. The van der Waals surface area contributed by atoms with E-state index in [9.17, 15) is 13.9 Å². The molecule has 78 valence electrons. The topological polar surface area (TPSA) is 20.2 Å². The molecule has 1 N–H and O–H groups in total. The summed E-state index contributed by atoms with van der Waals surface area (Å²) < 4.78 is 24.3. The zero-order valence-electron chi connectivity index (χ0n) is 6.65. The monoisotopic (exact) mass is 392 g/mol. The van der Waals surface area contributed by atoms with E-state index in [0.717, 1.165) is 6.07 Å². The van der Waals surface area contributed by atoms with E-state index in [1.165, 1.54) is 12.1 Å². The van der Waals surface area contributed by atoms with Crippen molar-refractivity contribution < 1.29 is 13.9 Å². The number of benzene rings is 1. The van der Waals surface area contributed by atoms with Gasteiger partial charge < -0.3 is 5.11 Å². The summed E-state index contributed by atoms with van der Waals surface area (Å²) in [6.07, 6.45) is -1.49. The average Bonchev–Trinajstić information content (AvgIpc) is 1.99. The first kappa shape index (κ1) is 12.5. The van der Waals surface area contributed by atoms with Gasteiger partial charge in [0.2, 0.25) is 3.49 Å². The lowest BCUT2D eigenvalue weighted by Crippen LogP contribution is -2.16. The second-order valence-corrected chi connectivity index (χ2v) is 6.93. The Morgan fingerprint density at radius 2 is 1.86 bits per heavy atom. The van der Waals surface area contributed by atoms with Gasteiger partial charge >= 0.3 is 0 Å². The summed E-state index contributed by atoms with van der Waals surface area (Å²) in [6.45, 7) is 0. The van der Waals surface area contributed by atoms with Crippen molar-refractivity contribution in [2.24, 2.45) is 0 Å². The van der Waals surface area contributed by atoms with E-state index in [4.69, 9.17) is 0 Å². The van der Waals surface area contributed by atoms with E-state index < -0.39 is 15.4 Å². The molecule has 1 aromatic rings. The number of rotatable bonds is 2. The first-order chi connectivity index (χ1) is 6.30. The highest BCUT2D eigenvalue weighted by Crippen LogP contribution is 2.41. The molecule has 1 atom stereocenters. The molecule has 0 amide bonds. The van der Waals surface area contributed by atoms with E-state index in [1.807, 2.05) is 0 Å². The van der Waals surface area contributed by atoms with Gasteiger partial charge in [-0.05, 0) is 55.6 Å². The molecule has 1 rings (SSSR count). The Bertz CT molecular complexity index is 318. The summed E-state index contributed by atoms with van der Waals surface area (Å²) in [7, 11) is 0. The van der Waals surface area contributed by atoms with E-state index >= 15 is 0 Å². The van der Waals surface area contributed by atoms with Crippen molar-refractivity contribution in [1.82, 2.24) is 0 Å². The fourth-order valence-electron chi connectivity index (χ4n) is 0.922. The van der Waals surface area contributed by atoms with Gasteiger partial charge in [0.1, 0.15) is 11.9 Å². The van der Waals surface area contributed by atoms with Crippen LogP contribution in [0.1, 0.15) is 11.7 Å². The maximum atomic E-state index is 13.2. The van der Waals surface area contributed by atoms with Crippen molar-refractivity contribution in [2.45, 2.75) is 9.59 Å². The first-order valence-electron chi connectivity index (χ1n) is 3.51. The Kier molecular flexibility index (Phi) is 4.08. The largest absolute Gasteiger partial charge is 0.383 e. The third-order valence-electron chi connectivity index (χ3n) is 1.51. The van der Waals surface area contributed by atoms with Crippen LogP contribution in [0.2, 0.25) is 0 Å². The van der Waals surface area contributed by atoms with Gasteiger partial charge in [-0.25, -0.2) is 8.78 Å². The van der Waals surface area contributed by atoms with Gasteiger partial charge in [0.15, 0.2) is 0 Å². The summed E-state index contributed by atoms with van der Waals surface area (Å²) in [6, 6.07) is 3.72. The van der Waals surface area contributed by atoms with Crippen LogP contribution in [0.5, 0.6) is 0 Å². The minimum atomic E-state index is -2.16. The number of halogens is 5. The lowest BCUT2D eigenvalue weighted by molar-refractivity contribution is 0.114. The van der Waals surface area contributed by atoms with Crippen LogP contribution in [0.3, 0.4) is 0 Å². The third kappa shape index (κ3) is 3.25. The van der Waals surface area contributed by atoms with Crippen molar-refractivity contribution in [1.29, 1.82) is 0 Å². The van der Waals surface area contributed by atoms with Gasteiger partial charge in [-0.1, -0.05) is 15.9 Å². The van der Waals surface area contributed by atoms with Gasteiger partial charge in [0.05, 0.1) is 0 Å². The number of aliphatic hydroxyl groups excluding tert-OH is 1. The Morgan fingerprint density at radius 1 is 1.29 bits per heavy atom. The average molecular weight is 395 g/mol. The zero-order valence-corrected chi connectivity index (χ0v) is 11.4. The molecule has 0 bridgehead atoms. The van der Waals surface area contributed by atoms with Crippen LogP contribution in [0.25, 0.3) is 0 Å². The highest BCUT2D eigenvalue weighted by Gasteiger charge is 2.33. The number of aliphatic hydroxyl groups is 1. The highest BCUT2D eigenvalue weighted by atomic mass is 79.9. The maximum Gasteiger partial charge on any atom is 0.248 e. The Hall–Kier alpha value is 0.480. The zero-order chi connectivity index (χ0) is 10.9. The standard InChI is InChI=1S/C8H5Br3F2O/c9-5-1-4(2-6(12)3-5)7(14)8(10,11)13/h1-3,7,14H. The van der Waals surface area contributed by atoms with Crippen LogP contribution in [0, 0.1) is 5.82 Å². The van der Waals surface area contributed by atoms with Gasteiger partial charge in [0.25, 0.3) is 0 Å². The summed E-state index contributed by atoms with van der Waals surface area (Å²) >= 11 is 8.23. The molecule has 0 heterocycles. The SMILES string of the molecule is OC(c1cc(F)cc(Br)c1)C(F)(Br)Br. The molecule has 0 spiro atoms. The van der Waals surface area contributed by atoms with Gasteiger partial charge in [0, 0.05) is 4.47 Å². The van der Waals surface area contributed by atoms with Crippen LogP contribution >= 0.6 is 47.8 Å². The van der Waals surface area contributed by atoms with Crippen molar-refractivity contribution in [3.63, 3.8) is 0 Å². The minimum absolute atomic E-state index is 0.133. The van der Waals surface area contributed by atoms with Crippen LogP contribution < -0.4 is 0 Å². The van der Waals surface area contributed by atoms with E-state index in [1.54, 1.807) is 0 Å². The van der Waals surface area contributed by atoms with Crippen molar-refractivity contribution in [3.8, 4) is 0 Å². The second-order valence-electron chi connectivity index (χ2n) is 2.65. The number of hydrogen-bond donors (Lipinski definition) is 1. The summed E-state index contributed by atoms with van der Waals surface area (Å²) in [5.41, 5.74) is 0.133. The smallest absolute Gasteiger partial charge is 0.248 e. The quantitative estimate of drug-likeness (QED) is 0.751. The van der Waals surface area contributed by atoms with Gasteiger partial charge in [-0.15, -0.1) is 0 Å². The minimum Gasteiger partial charge on any atom is -0.383 e. The molecule has 6 heteroatoms. The molecular formula is C8H5Br3F2O. The maximum absolute atomic E-state index is 13.2. The predicted molar refractivity (Wildman–Crippen MR) is 60.8 cm³/mol. The Balaban J connectivity index is 3.07. The van der Waals surface area contributed by atoms with Gasteiger partial charge in [-0.3, -0.25) is 0 Å². The molecule has 0 aliphatic rings. The van der Waals surface area contributed by atoms with Gasteiger partial charge in [-0.2, -0.15) is 0 Å². The van der Waals surface area contributed by atoms with Crippen molar-refractivity contribution in [2.75, 3.05) is 0 Å². The summed E-state index contributed by atoms with van der Waals surface area (Å²) in [5.74, 6) is -0.544. The normalized spacial score (nSPS) is 14.1. The van der Waals surface area contributed by atoms with E-state index in [0.29, 0.717) is 4.47 Å². The van der Waals surface area contributed by atoms with Crippen LogP contribution in [-0.4, -0.2) is 8.59 Å². The Labute approximate surface area is 105 Å². The number of alkyl halides is 3.